The molecular weight excluding hydrogens is 362 g/mol. The lowest BCUT2D eigenvalue weighted by molar-refractivity contribution is 0.573. The van der Waals surface area contributed by atoms with Gasteiger partial charge in [-0.25, -0.2) is 0 Å². The second kappa shape index (κ2) is 11.4. The summed E-state index contributed by atoms with van der Waals surface area (Å²) in [6, 6.07) is 13.8. The molecule has 0 saturated carbocycles. The van der Waals surface area contributed by atoms with Gasteiger partial charge >= 0.3 is 0 Å². The van der Waals surface area contributed by atoms with Gasteiger partial charge in [-0.3, -0.25) is 0 Å². The summed E-state index contributed by atoms with van der Waals surface area (Å²) in [4.78, 5) is 0. The Kier molecular flexibility index (Phi) is 9.21. The van der Waals surface area contributed by atoms with Crippen LogP contribution >= 0.6 is 0 Å². The summed E-state index contributed by atoms with van der Waals surface area (Å²) >= 11 is 0. The van der Waals surface area contributed by atoms with E-state index >= 15 is 0 Å². The summed E-state index contributed by atoms with van der Waals surface area (Å²) in [6.45, 7) is 20.1. The predicted octanol–water partition coefficient (Wildman–Crippen LogP) is 9.05. The van der Waals surface area contributed by atoms with Crippen molar-refractivity contribution in [3.05, 3.63) is 76.5 Å². The van der Waals surface area contributed by atoms with Gasteiger partial charge < -0.3 is 5.32 Å². The summed E-state index contributed by atoms with van der Waals surface area (Å²) < 4.78 is 0. The quantitative estimate of drug-likeness (QED) is 0.393. The Labute approximate surface area is 186 Å². The molecule has 1 unspecified atom stereocenters. The molecule has 2 rings (SSSR count). The number of hydrogen-bond donors (Lipinski definition) is 1. The van der Waals surface area contributed by atoms with E-state index in [1.165, 1.54) is 65.6 Å². The minimum atomic E-state index is 0.509. The van der Waals surface area contributed by atoms with Crippen molar-refractivity contribution in [3.63, 3.8) is 0 Å². The first-order valence-electron chi connectivity index (χ1n) is 11.9. The minimum Gasteiger partial charge on any atom is -0.359 e. The molecule has 1 nitrogen and oxygen atoms in total. The van der Waals surface area contributed by atoms with Crippen LogP contribution < -0.4 is 5.32 Å². The molecule has 0 amide bonds. The van der Waals surface area contributed by atoms with Crippen LogP contribution in [0, 0.1) is 26.7 Å². The van der Waals surface area contributed by atoms with Crippen LogP contribution in [0.5, 0.6) is 0 Å². The van der Waals surface area contributed by atoms with Gasteiger partial charge in [-0.05, 0) is 91.7 Å². The topological polar surface area (TPSA) is 12.0 Å². The van der Waals surface area contributed by atoms with E-state index in [0.717, 1.165) is 5.70 Å². The number of rotatable bonds is 11. The molecule has 0 heterocycles. The molecule has 1 N–H and O–H groups in total. The number of unbranched alkanes of at least 4 members (excludes halogenated alkanes) is 1. The average Bonchev–Trinajstić information content (AvgIpc) is 2.73. The maximum absolute atomic E-state index is 4.28. The SMILES string of the molecule is C=C(Nc1ccc(C(C)CC[C@@H](C)c2ccc(C)c(C)c2)cc1C)[C@@H](C)CCCC. The zero-order valence-electron chi connectivity index (χ0n) is 20.4. The number of benzene rings is 2. The fourth-order valence-corrected chi connectivity index (χ4v) is 4.02. The highest BCUT2D eigenvalue weighted by molar-refractivity contribution is 5.56. The highest BCUT2D eigenvalue weighted by atomic mass is 14.9. The van der Waals surface area contributed by atoms with E-state index in [4.69, 9.17) is 0 Å². The van der Waals surface area contributed by atoms with E-state index in [1.54, 1.807) is 0 Å². The first-order valence-corrected chi connectivity index (χ1v) is 11.9. The maximum atomic E-state index is 4.28. The van der Waals surface area contributed by atoms with Crippen molar-refractivity contribution in [1.29, 1.82) is 0 Å². The molecule has 164 valence electrons. The van der Waals surface area contributed by atoms with Crippen LogP contribution in [0.3, 0.4) is 0 Å². The van der Waals surface area contributed by atoms with Gasteiger partial charge in [0, 0.05) is 11.4 Å². The van der Waals surface area contributed by atoms with Gasteiger partial charge in [0.15, 0.2) is 0 Å². The first kappa shape index (κ1) is 24.3. The molecule has 0 spiro atoms. The van der Waals surface area contributed by atoms with Crippen molar-refractivity contribution in [2.75, 3.05) is 5.32 Å². The van der Waals surface area contributed by atoms with Crippen molar-refractivity contribution >= 4 is 5.69 Å². The molecule has 1 heteroatoms. The van der Waals surface area contributed by atoms with Crippen LogP contribution in [-0.2, 0) is 0 Å². The Balaban J connectivity index is 1.94. The minimum absolute atomic E-state index is 0.509. The van der Waals surface area contributed by atoms with E-state index in [9.17, 15) is 0 Å². The lowest BCUT2D eigenvalue weighted by Gasteiger charge is -2.20. The molecule has 0 radical (unpaired) electrons. The van der Waals surface area contributed by atoms with E-state index in [1.807, 2.05) is 0 Å². The molecule has 0 aliphatic heterocycles. The van der Waals surface area contributed by atoms with Crippen LogP contribution in [0.15, 0.2) is 48.7 Å². The van der Waals surface area contributed by atoms with Gasteiger partial charge in [0.25, 0.3) is 0 Å². The van der Waals surface area contributed by atoms with Crippen molar-refractivity contribution in [2.24, 2.45) is 5.92 Å². The van der Waals surface area contributed by atoms with E-state index in [2.05, 4.69) is 96.8 Å². The summed E-state index contributed by atoms with van der Waals surface area (Å²) in [7, 11) is 0. The van der Waals surface area contributed by atoms with Crippen molar-refractivity contribution < 1.29 is 0 Å². The van der Waals surface area contributed by atoms with Crippen LogP contribution in [0.4, 0.5) is 5.69 Å². The number of hydrogen-bond acceptors (Lipinski definition) is 1. The monoisotopic (exact) mass is 405 g/mol. The smallest absolute Gasteiger partial charge is 0.0411 e. The molecule has 0 aromatic heterocycles. The zero-order valence-corrected chi connectivity index (χ0v) is 20.4. The predicted molar refractivity (Wildman–Crippen MR) is 135 cm³/mol. The van der Waals surface area contributed by atoms with Crippen molar-refractivity contribution in [3.8, 4) is 0 Å². The molecule has 0 aliphatic carbocycles. The summed E-state index contributed by atoms with van der Waals surface area (Å²) in [5, 5.41) is 3.57. The van der Waals surface area contributed by atoms with Gasteiger partial charge in [-0.1, -0.05) is 77.4 Å². The fourth-order valence-electron chi connectivity index (χ4n) is 4.02. The van der Waals surface area contributed by atoms with Crippen LogP contribution in [0.1, 0.15) is 99.5 Å². The summed E-state index contributed by atoms with van der Waals surface area (Å²) in [6.07, 6.45) is 6.13. The third-order valence-electron chi connectivity index (χ3n) is 6.83. The van der Waals surface area contributed by atoms with Crippen molar-refractivity contribution in [1.82, 2.24) is 0 Å². The van der Waals surface area contributed by atoms with Gasteiger partial charge in [0.2, 0.25) is 0 Å². The van der Waals surface area contributed by atoms with Crippen LogP contribution in [0.2, 0.25) is 0 Å². The largest absolute Gasteiger partial charge is 0.359 e. The van der Waals surface area contributed by atoms with Gasteiger partial charge in [0.05, 0.1) is 0 Å². The van der Waals surface area contributed by atoms with E-state index < -0.39 is 0 Å². The molecule has 0 fully saturated rings. The normalized spacial score (nSPS) is 14.2. The molecule has 0 saturated heterocycles. The number of nitrogens with one attached hydrogen (secondary N) is 1. The maximum Gasteiger partial charge on any atom is 0.0411 e. The first-order chi connectivity index (χ1) is 14.2. The third kappa shape index (κ3) is 6.76. The molecule has 3 atom stereocenters. The van der Waals surface area contributed by atoms with Crippen molar-refractivity contribution in [2.45, 2.75) is 92.4 Å². The Bertz CT molecular complexity index is 832. The van der Waals surface area contributed by atoms with Crippen LogP contribution in [-0.4, -0.2) is 0 Å². The molecule has 30 heavy (non-hydrogen) atoms. The molecule has 0 bridgehead atoms. The Morgan fingerprint density at radius 1 is 0.800 bits per heavy atom. The summed E-state index contributed by atoms with van der Waals surface area (Å²) in [5.41, 5.74) is 9.33. The van der Waals surface area contributed by atoms with Gasteiger partial charge in [0.1, 0.15) is 0 Å². The fraction of sp³-hybridized carbons (Fsp3) is 0.517. The van der Waals surface area contributed by atoms with Gasteiger partial charge in [-0.2, -0.15) is 0 Å². The Hall–Kier alpha value is -2.02. The second-order valence-corrected chi connectivity index (χ2v) is 9.49. The third-order valence-corrected chi connectivity index (χ3v) is 6.83. The highest BCUT2D eigenvalue weighted by Gasteiger charge is 2.13. The Morgan fingerprint density at radius 2 is 1.37 bits per heavy atom. The number of allylic oxidation sites excluding steroid dienone is 1. The second-order valence-electron chi connectivity index (χ2n) is 9.49. The molecular formula is C29H43N. The van der Waals surface area contributed by atoms with E-state index in [0.29, 0.717) is 17.8 Å². The zero-order chi connectivity index (χ0) is 22.3. The lowest BCUT2D eigenvalue weighted by Crippen LogP contribution is -2.09. The van der Waals surface area contributed by atoms with Gasteiger partial charge in [-0.15, -0.1) is 0 Å². The Morgan fingerprint density at radius 3 is 1.90 bits per heavy atom. The summed E-state index contributed by atoms with van der Waals surface area (Å²) in [5.74, 6) is 1.68. The van der Waals surface area contributed by atoms with Crippen LogP contribution in [0.25, 0.3) is 0 Å². The standard InChI is InChI=1S/C29H43N/c1-9-10-11-21(3)26(8)30-29-17-16-28(19-25(29)7)23(5)13-12-22(4)27-15-14-20(2)24(6)18-27/h14-19,21-23,30H,8-13H2,1-7H3/t21-,22+,23?/m0/s1. The van der Waals surface area contributed by atoms with E-state index in [-0.39, 0.29) is 0 Å². The highest BCUT2D eigenvalue weighted by Crippen LogP contribution is 2.31. The molecule has 2 aromatic carbocycles. The molecule has 0 aliphatic rings. The lowest BCUT2D eigenvalue weighted by atomic mass is 9.88. The molecule has 2 aromatic rings. The number of anilines is 1. The number of aryl methyl sites for hydroxylation is 3. The average molecular weight is 406 g/mol.